The van der Waals surface area contributed by atoms with Crippen molar-refractivity contribution in [3.63, 3.8) is 0 Å². The molecule has 1 N–H and O–H groups in total. The number of nitro groups is 1. The number of nitro benzene ring substituents is 1. The summed E-state index contributed by atoms with van der Waals surface area (Å²) >= 11 is 5.91. The van der Waals surface area contributed by atoms with Crippen LogP contribution in [0.1, 0.15) is 13.8 Å². The molecule has 0 radical (unpaired) electrons. The Hall–Kier alpha value is -2.48. The monoisotopic (exact) mass is 322 g/mol. The zero-order valence-electron chi connectivity index (χ0n) is 12.3. The summed E-state index contributed by atoms with van der Waals surface area (Å²) in [7, 11) is 1.84. The van der Waals surface area contributed by atoms with Crippen molar-refractivity contribution in [2.24, 2.45) is 0 Å². The molecule has 0 amide bonds. The van der Waals surface area contributed by atoms with Gasteiger partial charge in [0.25, 0.3) is 5.69 Å². The number of non-ortho nitro benzene ring substituents is 1. The molecule has 0 fully saturated rings. The second-order valence-electron chi connectivity index (χ2n) is 4.87. The highest BCUT2D eigenvalue weighted by Crippen LogP contribution is 2.21. The van der Waals surface area contributed by atoms with Crippen molar-refractivity contribution in [1.82, 2.24) is 15.0 Å². The fourth-order valence-electron chi connectivity index (χ4n) is 1.61. The van der Waals surface area contributed by atoms with Gasteiger partial charge in [-0.3, -0.25) is 10.1 Å². The molecular weight excluding hydrogens is 308 g/mol. The maximum atomic E-state index is 10.8. The molecule has 22 heavy (non-hydrogen) atoms. The van der Waals surface area contributed by atoms with E-state index in [-0.39, 0.29) is 23.0 Å². The number of anilines is 3. The van der Waals surface area contributed by atoms with E-state index in [0.29, 0.717) is 11.6 Å². The summed E-state index contributed by atoms with van der Waals surface area (Å²) < 4.78 is 0. The molecule has 2 aromatic rings. The largest absolute Gasteiger partial charge is 0.341 e. The van der Waals surface area contributed by atoms with Crippen LogP contribution in [0.15, 0.2) is 24.3 Å². The van der Waals surface area contributed by atoms with Gasteiger partial charge >= 0.3 is 0 Å². The molecule has 0 saturated carbocycles. The predicted octanol–water partition coefficient (Wildman–Crippen LogP) is 3.02. The molecular formula is C13H15ClN6O2. The second-order valence-corrected chi connectivity index (χ2v) is 5.20. The van der Waals surface area contributed by atoms with Crippen molar-refractivity contribution in [3.05, 3.63) is 39.7 Å². The van der Waals surface area contributed by atoms with Crippen LogP contribution in [0.4, 0.5) is 23.3 Å². The van der Waals surface area contributed by atoms with Crippen molar-refractivity contribution >= 4 is 34.9 Å². The van der Waals surface area contributed by atoms with Crippen LogP contribution in [-0.2, 0) is 0 Å². The first-order valence-corrected chi connectivity index (χ1v) is 6.90. The quantitative estimate of drug-likeness (QED) is 0.667. The van der Waals surface area contributed by atoms with Crippen molar-refractivity contribution in [2.75, 3.05) is 17.3 Å². The Morgan fingerprint density at radius 2 is 2.05 bits per heavy atom. The third-order valence-electron chi connectivity index (χ3n) is 3.00. The number of nitrogens with zero attached hydrogens (tertiary/aromatic N) is 5. The zero-order valence-corrected chi connectivity index (χ0v) is 13.1. The number of hydrogen-bond acceptors (Lipinski definition) is 7. The first kappa shape index (κ1) is 15.9. The van der Waals surface area contributed by atoms with Gasteiger partial charge in [-0.15, -0.1) is 0 Å². The van der Waals surface area contributed by atoms with Crippen LogP contribution >= 0.6 is 11.6 Å². The van der Waals surface area contributed by atoms with Crippen LogP contribution < -0.4 is 10.2 Å². The molecule has 9 heteroatoms. The zero-order chi connectivity index (χ0) is 16.3. The normalized spacial score (nSPS) is 10.6. The number of benzene rings is 1. The van der Waals surface area contributed by atoms with Gasteiger partial charge in [-0.1, -0.05) is 6.07 Å². The molecule has 8 nitrogen and oxygen atoms in total. The van der Waals surface area contributed by atoms with Gasteiger partial charge in [0.1, 0.15) is 0 Å². The minimum atomic E-state index is -0.469. The highest BCUT2D eigenvalue weighted by atomic mass is 35.5. The van der Waals surface area contributed by atoms with Gasteiger partial charge in [-0.2, -0.15) is 15.0 Å². The summed E-state index contributed by atoms with van der Waals surface area (Å²) in [6.45, 7) is 3.98. The fraction of sp³-hybridized carbons (Fsp3) is 0.308. The summed E-state index contributed by atoms with van der Waals surface area (Å²) in [6.07, 6.45) is 0. The van der Waals surface area contributed by atoms with E-state index < -0.39 is 4.92 Å². The maximum Gasteiger partial charge on any atom is 0.271 e. The first-order valence-electron chi connectivity index (χ1n) is 6.52. The summed E-state index contributed by atoms with van der Waals surface area (Å²) in [5.41, 5.74) is 0.472. The van der Waals surface area contributed by atoms with Crippen LogP contribution in [0.5, 0.6) is 0 Å². The minimum absolute atomic E-state index is 0.0234. The Morgan fingerprint density at radius 3 is 2.68 bits per heavy atom. The van der Waals surface area contributed by atoms with Crippen LogP contribution in [-0.4, -0.2) is 33.0 Å². The van der Waals surface area contributed by atoms with E-state index in [0.717, 1.165) is 0 Å². The van der Waals surface area contributed by atoms with Crippen LogP contribution in [0.25, 0.3) is 0 Å². The van der Waals surface area contributed by atoms with E-state index >= 15 is 0 Å². The van der Waals surface area contributed by atoms with Crippen molar-refractivity contribution in [3.8, 4) is 0 Å². The van der Waals surface area contributed by atoms with Crippen LogP contribution in [0.3, 0.4) is 0 Å². The predicted molar refractivity (Wildman–Crippen MR) is 84.8 cm³/mol. The standard InChI is InChI=1S/C13H15ClN6O2/c1-8(2)19(3)13-17-11(14)16-12(18-13)15-9-5-4-6-10(7-9)20(21)22/h4-8H,1-3H3,(H,15,16,17,18). The van der Waals surface area contributed by atoms with E-state index in [1.165, 1.54) is 12.1 Å². The van der Waals surface area contributed by atoms with Gasteiger partial charge < -0.3 is 10.2 Å². The Bertz CT molecular complexity index is 694. The van der Waals surface area contributed by atoms with E-state index in [1.54, 1.807) is 12.1 Å². The Balaban J connectivity index is 2.30. The number of aromatic nitrogens is 3. The highest BCUT2D eigenvalue weighted by molar-refractivity contribution is 6.28. The van der Waals surface area contributed by atoms with Gasteiger partial charge in [0.2, 0.25) is 17.2 Å². The molecule has 0 aliphatic carbocycles. The third-order valence-corrected chi connectivity index (χ3v) is 3.17. The van der Waals surface area contributed by atoms with E-state index in [9.17, 15) is 10.1 Å². The Morgan fingerprint density at radius 1 is 1.32 bits per heavy atom. The lowest BCUT2D eigenvalue weighted by atomic mass is 10.3. The van der Waals surface area contributed by atoms with Gasteiger partial charge in [0.15, 0.2) is 0 Å². The SMILES string of the molecule is CC(C)N(C)c1nc(Cl)nc(Nc2cccc([N+](=O)[O-])c2)n1. The van der Waals surface area contributed by atoms with Crippen LogP contribution in [0.2, 0.25) is 5.28 Å². The molecule has 0 spiro atoms. The highest BCUT2D eigenvalue weighted by Gasteiger charge is 2.13. The average molecular weight is 323 g/mol. The summed E-state index contributed by atoms with van der Waals surface area (Å²) in [4.78, 5) is 24.5. The van der Waals surface area contributed by atoms with Crippen LogP contribution in [0, 0.1) is 10.1 Å². The topological polar surface area (TPSA) is 97.1 Å². The third kappa shape index (κ3) is 3.79. The Kier molecular flexibility index (Phi) is 4.71. The molecule has 1 aromatic heterocycles. The molecule has 0 aliphatic rings. The first-order chi connectivity index (χ1) is 10.4. The lowest BCUT2D eigenvalue weighted by Crippen LogP contribution is -2.28. The van der Waals surface area contributed by atoms with Gasteiger partial charge in [-0.25, -0.2) is 0 Å². The van der Waals surface area contributed by atoms with Gasteiger partial charge in [0.05, 0.1) is 4.92 Å². The van der Waals surface area contributed by atoms with Gasteiger partial charge in [0, 0.05) is 30.9 Å². The molecule has 116 valence electrons. The maximum absolute atomic E-state index is 10.8. The van der Waals surface area contributed by atoms with E-state index in [4.69, 9.17) is 11.6 Å². The minimum Gasteiger partial charge on any atom is -0.341 e. The van der Waals surface area contributed by atoms with Crippen molar-refractivity contribution in [1.29, 1.82) is 0 Å². The lowest BCUT2D eigenvalue weighted by molar-refractivity contribution is -0.384. The average Bonchev–Trinajstić information content (AvgIpc) is 2.46. The summed E-state index contributed by atoms with van der Waals surface area (Å²) in [6, 6.07) is 6.23. The molecule has 0 unspecified atom stereocenters. The molecule has 0 bridgehead atoms. The molecule has 1 heterocycles. The summed E-state index contributed by atoms with van der Waals surface area (Å²) in [5.74, 6) is 0.644. The lowest BCUT2D eigenvalue weighted by Gasteiger charge is -2.21. The molecule has 0 atom stereocenters. The fourth-order valence-corrected chi connectivity index (χ4v) is 1.77. The second kappa shape index (κ2) is 6.52. The van der Waals surface area contributed by atoms with E-state index in [1.807, 2.05) is 25.8 Å². The molecule has 0 aliphatic heterocycles. The summed E-state index contributed by atoms with van der Waals surface area (Å²) in [5, 5.41) is 13.7. The number of halogens is 1. The number of hydrogen-bond donors (Lipinski definition) is 1. The van der Waals surface area contributed by atoms with Crippen molar-refractivity contribution in [2.45, 2.75) is 19.9 Å². The molecule has 0 saturated heterocycles. The molecule has 1 aromatic carbocycles. The Labute approximate surface area is 132 Å². The van der Waals surface area contributed by atoms with Gasteiger partial charge in [-0.05, 0) is 31.5 Å². The smallest absolute Gasteiger partial charge is 0.271 e. The van der Waals surface area contributed by atoms with Crippen molar-refractivity contribution < 1.29 is 4.92 Å². The van der Waals surface area contributed by atoms with E-state index in [2.05, 4.69) is 20.3 Å². The number of rotatable bonds is 5. The number of nitrogens with one attached hydrogen (secondary N) is 1. The molecule has 2 rings (SSSR count).